The molecule has 0 unspecified atom stereocenters. The van der Waals surface area contributed by atoms with Crippen molar-refractivity contribution in [3.63, 3.8) is 0 Å². The maximum atomic E-state index is 6.52. The number of hydrogen-bond acceptors (Lipinski definition) is 2. The highest BCUT2D eigenvalue weighted by atomic mass is 14.8. The monoisotopic (exact) mass is 232 g/mol. The Labute approximate surface area is 105 Å². The minimum absolute atomic E-state index is 0.00275. The zero-order valence-corrected chi connectivity index (χ0v) is 10.9. The van der Waals surface area contributed by atoms with Crippen LogP contribution in [0, 0.1) is 0 Å². The molecule has 1 fully saturated rings. The minimum Gasteiger partial charge on any atom is -0.325 e. The number of aryl methyl sites for hydroxylation is 1. The molecule has 1 aliphatic carbocycles. The number of nitrogens with two attached hydrogens (primary N) is 1. The van der Waals surface area contributed by atoms with Crippen LogP contribution in [0.3, 0.4) is 0 Å². The van der Waals surface area contributed by atoms with Crippen LogP contribution in [0.4, 0.5) is 0 Å². The van der Waals surface area contributed by atoms with Gasteiger partial charge in [0.25, 0.3) is 0 Å². The highest BCUT2D eigenvalue weighted by molar-refractivity contribution is 5.16. The molecule has 1 aromatic heterocycles. The fourth-order valence-electron chi connectivity index (χ4n) is 2.74. The van der Waals surface area contributed by atoms with Crippen LogP contribution in [-0.4, -0.2) is 10.5 Å². The Hall–Kier alpha value is -0.890. The summed E-state index contributed by atoms with van der Waals surface area (Å²) in [7, 11) is 0. The molecule has 1 aromatic rings. The SMILES string of the molecule is CCc1ccc(CC2(N)CCCCCC2)nc1. The lowest BCUT2D eigenvalue weighted by Crippen LogP contribution is -2.41. The van der Waals surface area contributed by atoms with Gasteiger partial charge in [-0.1, -0.05) is 38.7 Å². The lowest BCUT2D eigenvalue weighted by Gasteiger charge is -2.27. The molecular weight excluding hydrogens is 208 g/mol. The molecule has 0 saturated heterocycles. The van der Waals surface area contributed by atoms with Crippen LogP contribution >= 0.6 is 0 Å². The van der Waals surface area contributed by atoms with Gasteiger partial charge in [-0.15, -0.1) is 0 Å². The van der Waals surface area contributed by atoms with Gasteiger partial charge in [0.2, 0.25) is 0 Å². The first-order valence-corrected chi connectivity index (χ1v) is 6.94. The van der Waals surface area contributed by atoms with Crippen molar-refractivity contribution >= 4 is 0 Å². The lowest BCUT2D eigenvalue weighted by atomic mass is 9.86. The Bertz CT molecular complexity index is 334. The summed E-state index contributed by atoms with van der Waals surface area (Å²) in [4.78, 5) is 4.54. The van der Waals surface area contributed by atoms with Crippen LogP contribution in [0.2, 0.25) is 0 Å². The molecule has 0 spiro atoms. The molecule has 0 atom stereocenters. The summed E-state index contributed by atoms with van der Waals surface area (Å²) in [6.07, 6.45) is 11.6. The number of pyridine rings is 1. The molecule has 17 heavy (non-hydrogen) atoms. The summed E-state index contributed by atoms with van der Waals surface area (Å²) >= 11 is 0. The Morgan fingerprint density at radius 3 is 2.41 bits per heavy atom. The Morgan fingerprint density at radius 1 is 1.18 bits per heavy atom. The molecule has 0 aliphatic heterocycles. The maximum Gasteiger partial charge on any atom is 0.0422 e. The molecule has 2 heteroatoms. The van der Waals surface area contributed by atoms with Gasteiger partial charge in [0.05, 0.1) is 0 Å². The first-order chi connectivity index (χ1) is 8.22. The van der Waals surface area contributed by atoms with Gasteiger partial charge in [0, 0.05) is 23.9 Å². The van der Waals surface area contributed by atoms with Crippen LogP contribution in [0.1, 0.15) is 56.7 Å². The van der Waals surface area contributed by atoms with Gasteiger partial charge in [-0.3, -0.25) is 4.98 Å². The molecule has 2 N–H and O–H groups in total. The molecule has 2 nitrogen and oxygen atoms in total. The van der Waals surface area contributed by atoms with E-state index in [1.807, 2.05) is 6.20 Å². The molecule has 0 aromatic carbocycles. The zero-order valence-electron chi connectivity index (χ0n) is 10.9. The first-order valence-electron chi connectivity index (χ1n) is 6.94. The summed E-state index contributed by atoms with van der Waals surface area (Å²) in [6.45, 7) is 2.16. The van der Waals surface area contributed by atoms with Crippen molar-refractivity contribution in [2.45, 2.75) is 63.8 Å². The van der Waals surface area contributed by atoms with Crippen molar-refractivity contribution in [1.82, 2.24) is 4.98 Å². The summed E-state index contributed by atoms with van der Waals surface area (Å²) in [5, 5.41) is 0. The minimum atomic E-state index is -0.00275. The van der Waals surface area contributed by atoms with Gasteiger partial charge in [-0.2, -0.15) is 0 Å². The number of rotatable bonds is 3. The predicted octanol–water partition coefficient (Wildman–Crippen LogP) is 3.24. The fourth-order valence-corrected chi connectivity index (χ4v) is 2.74. The van der Waals surface area contributed by atoms with Crippen molar-refractivity contribution in [2.75, 3.05) is 0 Å². The standard InChI is InChI=1S/C15H24N2/c1-2-13-7-8-14(17-12-13)11-15(16)9-5-3-4-6-10-15/h7-8,12H,2-6,9-11,16H2,1H3. The molecule has 2 rings (SSSR count). The summed E-state index contributed by atoms with van der Waals surface area (Å²) in [6, 6.07) is 4.33. The van der Waals surface area contributed by atoms with E-state index in [1.165, 1.54) is 31.2 Å². The van der Waals surface area contributed by atoms with Crippen molar-refractivity contribution in [3.8, 4) is 0 Å². The van der Waals surface area contributed by atoms with E-state index in [2.05, 4.69) is 24.0 Å². The smallest absolute Gasteiger partial charge is 0.0422 e. The third-order valence-corrected chi connectivity index (χ3v) is 3.93. The second kappa shape index (κ2) is 5.63. The van der Waals surface area contributed by atoms with Gasteiger partial charge in [-0.25, -0.2) is 0 Å². The molecule has 94 valence electrons. The molecule has 1 aliphatic rings. The second-order valence-electron chi connectivity index (χ2n) is 5.46. The van der Waals surface area contributed by atoms with Crippen LogP contribution in [-0.2, 0) is 12.8 Å². The average molecular weight is 232 g/mol. The predicted molar refractivity (Wildman–Crippen MR) is 71.9 cm³/mol. The zero-order chi connectivity index (χ0) is 12.1. The highest BCUT2D eigenvalue weighted by Crippen LogP contribution is 2.27. The Balaban J connectivity index is 2.02. The van der Waals surface area contributed by atoms with Gasteiger partial charge in [0.1, 0.15) is 0 Å². The normalized spacial score (nSPS) is 19.9. The van der Waals surface area contributed by atoms with E-state index in [1.54, 1.807) is 0 Å². The van der Waals surface area contributed by atoms with Crippen molar-refractivity contribution in [1.29, 1.82) is 0 Å². The van der Waals surface area contributed by atoms with Crippen LogP contribution in [0.25, 0.3) is 0 Å². The summed E-state index contributed by atoms with van der Waals surface area (Å²) < 4.78 is 0. The van der Waals surface area contributed by atoms with Crippen molar-refractivity contribution in [3.05, 3.63) is 29.6 Å². The topological polar surface area (TPSA) is 38.9 Å². The van der Waals surface area contributed by atoms with E-state index in [0.717, 1.165) is 31.4 Å². The molecule has 0 amide bonds. The van der Waals surface area contributed by atoms with Crippen LogP contribution in [0.5, 0.6) is 0 Å². The van der Waals surface area contributed by atoms with Crippen molar-refractivity contribution in [2.24, 2.45) is 5.73 Å². The number of nitrogens with zero attached hydrogens (tertiary/aromatic N) is 1. The second-order valence-corrected chi connectivity index (χ2v) is 5.46. The van der Waals surface area contributed by atoms with Gasteiger partial charge >= 0.3 is 0 Å². The summed E-state index contributed by atoms with van der Waals surface area (Å²) in [5.41, 5.74) is 8.98. The highest BCUT2D eigenvalue weighted by Gasteiger charge is 2.26. The van der Waals surface area contributed by atoms with Gasteiger partial charge in [0.15, 0.2) is 0 Å². The van der Waals surface area contributed by atoms with Gasteiger partial charge in [-0.05, 0) is 30.9 Å². The fraction of sp³-hybridized carbons (Fsp3) is 0.667. The number of aromatic nitrogens is 1. The van der Waals surface area contributed by atoms with E-state index >= 15 is 0 Å². The Kier molecular flexibility index (Phi) is 4.16. The maximum absolute atomic E-state index is 6.52. The largest absolute Gasteiger partial charge is 0.325 e. The molecule has 0 bridgehead atoms. The van der Waals surface area contributed by atoms with Crippen LogP contribution < -0.4 is 5.73 Å². The van der Waals surface area contributed by atoms with E-state index in [-0.39, 0.29) is 5.54 Å². The summed E-state index contributed by atoms with van der Waals surface area (Å²) in [5.74, 6) is 0. The Morgan fingerprint density at radius 2 is 1.88 bits per heavy atom. The lowest BCUT2D eigenvalue weighted by molar-refractivity contribution is 0.366. The molecular formula is C15H24N2. The van der Waals surface area contributed by atoms with Gasteiger partial charge < -0.3 is 5.73 Å². The van der Waals surface area contributed by atoms with E-state index < -0.39 is 0 Å². The number of hydrogen-bond donors (Lipinski definition) is 1. The molecule has 0 radical (unpaired) electrons. The first kappa shape index (κ1) is 12.6. The van der Waals surface area contributed by atoms with E-state index in [9.17, 15) is 0 Å². The third-order valence-electron chi connectivity index (χ3n) is 3.93. The third kappa shape index (κ3) is 3.53. The van der Waals surface area contributed by atoms with Crippen LogP contribution in [0.15, 0.2) is 18.3 Å². The molecule has 1 saturated carbocycles. The quantitative estimate of drug-likeness (QED) is 0.813. The molecule has 1 heterocycles. The average Bonchev–Trinajstić information content (AvgIpc) is 2.55. The van der Waals surface area contributed by atoms with Crippen molar-refractivity contribution < 1.29 is 0 Å². The van der Waals surface area contributed by atoms with E-state index in [0.29, 0.717) is 0 Å². The van der Waals surface area contributed by atoms with E-state index in [4.69, 9.17) is 5.73 Å².